The van der Waals surface area contributed by atoms with Crippen LogP contribution in [-0.2, 0) is 29.6 Å². The summed E-state index contributed by atoms with van der Waals surface area (Å²) in [4.78, 5) is 25.4. The first kappa shape index (κ1) is 31.4. The third-order valence-corrected chi connectivity index (χ3v) is 11.2. The predicted molar refractivity (Wildman–Crippen MR) is 161 cm³/mol. The van der Waals surface area contributed by atoms with Crippen molar-refractivity contribution >= 4 is 60.8 Å². The molecule has 4 N–H and O–H groups in total. The van der Waals surface area contributed by atoms with Gasteiger partial charge in [-0.3, -0.25) is 13.9 Å². The minimum absolute atomic E-state index is 0.0632. The van der Waals surface area contributed by atoms with E-state index in [9.17, 15) is 30.8 Å². The van der Waals surface area contributed by atoms with Gasteiger partial charge in [-0.15, -0.1) is 0 Å². The molecule has 0 saturated heterocycles. The molecule has 3 saturated carbocycles. The van der Waals surface area contributed by atoms with Gasteiger partial charge in [-0.2, -0.15) is 0 Å². The lowest BCUT2D eigenvalue weighted by Gasteiger charge is -2.70. The maximum absolute atomic E-state index is 13.7. The second kappa shape index (κ2) is 11.0. The van der Waals surface area contributed by atoms with Crippen molar-refractivity contribution in [1.29, 1.82) is 0 Å². The number of hydrogen-bond acceptors (Lipinski definition) is 8. The van der Waals surface area contributed by atoms with Crippen molar-refractivity contribution in [2.45, 2.75) is 46.2 Å². The second-order valence-corrected chi connectivity index (χ2v) is 15.5. The Morgan fingerprint density at radius 1 is 0.956 bits per heavy atom. The number of nitrogens with zero attached hydrogens (tertiary/aromatic N) is 1. The Morgan fingerprint density at radius 2 is 1.60 bits per heavy atom. The molecule has 3 aliphatic carbocycles. The van der Waals surface area contributed by atoms with Gasteiger partial charge >= 0.3 is 0 Å². The molecule has 0 radical (unpaired) electrons. The molecule has 2 amide bonds. The molecule has 4 aliphatic rings. The number of hydrogen-bond donors (Lipinski definition) is 3. The quantitative estimate of drug-likeness (QED) is 0.306. The number of benzene rings is 3. The highest BCUT2D eigenvalue weighted by Crippen LogP contribution is 2.60. The number of primary sulfonamides is 1. The van der Waals surface area contributed by atoms with Crippen LogP contribution in [-0.4, -0.2) is 59.0 Å². The Kier molecular flexibility index (Phi) is 7.68. The Hall–Kier alpha value is -3.63. The maximum Gasteiger partial charge on any atom is 0.264 e. The van der Waals surface area contributed by atoms with Gasteiger partial charge in [-0.25, -0.2) is 26.4 Å². The summed E-state index contributed by atoms with van der Waals surface area (Å²) in [6.45, 7) is -0.727. The number of carbonyl (C=O) groups excluding carboxylic acids is 2. The normalized spacial score (nSPS) is 23.5. The molecule has 7 rings (SSSR count). The summed E-state index contributed by atoms with van der Waals surface area (Å²) < 4.78 is 76.5. The molecule has 12 nitrogen and oxygen atoms in total. The van der Waals surface area contributed by atoms with E-state index in [2.05, 4.69) is 10.6 Å². The minimum atomic E-state index is -4.31. The molecule has 1 atom stereocenters. The first-order valence-corrected chi connectivity index (χ1v) is 17.2. The van der Waals surface area contributed by atoms with Gasteiger partial charge in [0.15, 0.2) is 12.7 Å². The fourth-order valence-electron chi connectivity index (χ4n) is 5.96. The van der Waals surface area contributed by atoms with Gasteiger partial charge < -0.3 is 20.1 Å². The molecule has 1 heterocycles. The molecule has 3 fully saturated rings. The predicted octanol–water partition coefficient (Wildman–Crippen LogP) is 2.72. The average Bonchev–Trinajstić information content (AvgIpc) is 2.95. The summed E-state index contributed by atoms with van der Waals surface area (Å²) in [5, 5.41) is 11.1. The average molecular weight is 700 g/mol. The van der Waals surface area contributed by atoms with Crippen LogP contribution in [0.1, 0.15) is 19.3 Å². The van der Waals surface area contributed by atoms with Crippen molar-refractivity contribution in [1.82, 2.24) is 10.6 Å². The van der Waals surface area contributed by atoms with Crippen LogP contribution in [0.5, 0.6) is 11.5 Å². The number of halogens is 3. The standard InChI is InChI=1S/C28H25Cl2FN4O8S2/c29-16-1-8-23-22(9-16)35(45(40,41)19-5-3-18(4-6-19)44(32,38)39)11-24(43-23)26(37)34-28-13-27(14-28,15-28)33-25(36)12-42-17-2-7-20(30)21(31)10-17/h1-10,24H,11-15H2,(H,33,36)(H,34,37)(H2,32,38,39). The van der Waals surface area contributed by atoms with Crippen molar-refractivity contribution in [2.75, 3.05) is 17.5 Å². The zero-order chi connectivity index (χ0) is 32.4. The summed E-state index contributed by atoms with van der Waals surface area (Å²) in [5.74, 6) is -1.36. The van der Waals surface area contributed by atoms with Crippen LogP contribution >= 0.6 is 23.2 Å². The largest absolute Gasteiger partial charge is 0.484 e. The minimum Gasteiger partial charge on any atom is -0.484 e. The maximum atomic E-state index is 13.7. The molecule has 0 aromatic heterocycles. The Morgan fingerprint density at radius 3 is 2.24 bits per heavy atom. The molecule has 1 unspecified atom stereocenters. The van der Waals surface area contributed by atoms with E-state index < -0.39 is 54.9 Å². The third kappa shape index (κ3) is 6.02. The van der Waals surface area contributed by atoms with Gasteiger partial charge in [0.05, 0.1) is 27.0 Å². The Labute approximate surface area is 267 Å². The van der Waals surface area contributed by atoms with Crippen LogP contribution in [0.25, 0.3) is 0 Å². The fourth-order valence-corrected chi connectivity index (χ4v) is 8.23. The van der Waals surface area contributed by atoms with Crippen LogP contribution in [0.2, 0.25) is 10.0 Å². The van der Waals surface area contributed by atoms with Crippen molar-refractivity contribution in [3.05, 3.63) is 76.5 Å². The smallest absolute Gasteiger partial charge is 0.264 e. The van der Waals surface area contributed by atoms with E-state index in [0.717, 1.165) is 34.6 Å². The Balaban J connectivity index is 1.10. The lowest BCUT2D eigenvalue weighted by atomic mass is 9.44. The van der Waals surface area contributed by atoms with Crippen molar-refractivity contribution in [3.8, 4) is 11.5 Å². The molecule has 2 bridgehead atoms. The summed E-state index contributed by atoms with van der Waals surface area (Å²) in [5.41, 5.74) is -1.01. The van der Waals surface area contributed by atoms with E-state index in [4.69, 9.17) is 37.8 Å². The number of nitrogens with one attached hydrogen (secondary N) is 2. The van der Waals surface area contributed by atoms with E-state index in [1.165, 1.54) is 30.3 Å². The number of ether oxygens (including phenoxy) is 2. The Bertz CT molecular complexity index is 1920. The monoisotopic (exact) mass is 698 g/mol. The molecule has 3 aromatic carbocycles. The zero-order valence-electron chi connectivity index (χ0n) is 23.1. The van der Waals surface area contributed by atoms with Crippen LogP contribution in [0.15, 0.2) is 70.5 Å². The van der Waals surface area contributed by atoms with E-state index in [0.29, 0.717) is 19.3 Å². The topological polar surface area (TPSA) is 174 Å². The molecule has 0 spiro atoms. The molecule has 1 aliphatic heterocycles. The summed E-state index contributed by atoms with van der Waals surface area (Å²) in [6, 6.07) is 12.6. The van der Waals surface area contributed by atoms with E-state index in [-0.39, 0.29) is 50.2 Å². The highest BCUT2D eigenvalue weighted by Gasteiger charge is 2.69. The van der Waals surface area contributed by atoms with E-state index >= 15 is 0 Å². The first-order chi connectivity index (χ1) is 21.1. The van der Waals surface area contributed by atoms with Crippen molar-refractivity contribution in [2.24, 2.45) is 5.14 Å². The number of anilines is 1. The highest BCUT2D eigenvalue weighted by molar-refractivity contribution is 7.93. The van der Waals surface area contributed by atoms with Crippen LogP contribution in [0.4, 0.5) is 10.1 Å². The summed E-state index contributed by atoms with van der Waals surface area (Å²) in [7, 11) is -8.36. The van der Waals surface area contributed by atoms with Crippen molar-refractivity contribution in [3.63, 3.8) is 0 Å². The number of carbonyl (C=O) groups is 2. The molecule has 17 heteroatoms. The number of sulfonamides is 2. The van der Waals surface area contributed by atoms with Gasteiger partial charge in [0.25, 0.3) is 21.8 Å². The number of amides is 2. The number of fused-ring (bicyclic) bond motifs is 1. The lowest BCUT2D eigenvalue weighted by molar-refractivity contribution is -0.153. The first-order valence-electron chi connectivity index (χ1n) is 13.4. The fraction of sp³-hybridized carbons (Fsp3) is 0.286. The summed E-state index contributed by atoms with van der Waals surface area (Å²) in [6.07, 6.45) is 0.115. The highest BCUT2D eigenvalue weighted by atomic mass is 35.5. The van der Waals surface area contributed by atoms with Crippen LogP contribution in [0, 0.1) is 5.82 Å². The number of rotatable bonds is 9. The van der Waals surface area contributed by atoms with Gasteiger partial charge in [0.2, 0.25) is 10.0 Å². The van der Waals surface area contributed by atoms with Gasteiger partial charge in [-0.1, -0.05) is 23.2 Å². The number of nitrogens with two attached hydrogens (primary N) is 1. The lowest BCUT2D eigenvalue weighted by Crippen LogP contribution is -2.84. The zero-order valence-corrected chi connectivity index (χ0v) is 26.3. The molecule has 238 valence electrons. The van der Waals surface area contributed by atoms with Gasteiger partial charge in [-0.05, 0) is 73.9 Å². The molecular weight excluding hydrogens is 674 g/mol. The second-order valence-electron chi connectivity index (χ2n) is 11.3. The van der Waals surface area contributed by atoms with Gasteiger partial charge in [0.1, 0.15) is 17.3 Å². The van der Waals surface area contributed by atoms with E-state index in [1.54, 1.807) is 0 Å². The molecular formula is C28H25Cl2FN4O8S2. The molecule has 3 aromatic rings. The third-order valence-electron chi connectivity index (χ3n) is 7.91. The molecule has 45 heavy (non-hydrogen) atoms. The van der Waals surface area contributed by atoms with E-state index in [1.807, 2.05) is 0 Å². The van der Waals surface area contributed by atoms with Crippen molar-refractivity contribution < 1.29 is 40.3 Å². The van der Waals surface area contributed by atoms with Gasteiger partial charge in [0, 0.05) is 22.2 Å². The summed E-state index contributed by atoms with van der Waals surface area (Å²) >= 11 is 11.8. The van der Waals surface area contributed by atoms with Crippen LogP contribution in [0.3, 0.4) is 0 Å². The van der Waals surface area contributed by atoms with Crippen LogP contribution < -0.4 is 29.6 Å². The SMILES string of the molecule is NS(=O)(=O)c1ccc(S(=O)(=O)N2CC(C(=O)NC34CC(NC(=O)COc5ccc(Cl)c(F)c5)(C3)C4)Oc3ccc(Cl)cc32)cc1.